The van der Waals surface area contributed by atoms with E-state index < -0.39 is 0 Å². The van der Waals surface area contributed by atoms with E-state index in [2.05, 4.69) is 14.9 Å². The van der Waals surface area contributed by atoms with Crippen LogP contribution in [0.4, 0.5) is 0 Å². The monoisotopic (exact) mass is 275 g/mol. The number of imidazole rings is 1. The zero-order valence-electron chi connectivity index (χ0n) is 11.7. The largest absolute Gasteiger partial charge is 0.507 e. The number of methoxy groups -OCH3 is 1. The SMILES string of the molecule is COc1ccc(CNCCCCn2ccnc2)c(O)c1. The van der Waals surface area contributed by atoms with Gasteiger partial charge in [0.2, 0.25) is 0 Å². The van der Waals surface area contributed by atoms with E-state index in [1.54, 1.807) is 19.4 Å². The van der Waals surface area contributed by atoms with E-state index in [9.17, 15) is 5.11 Å². The van der Waals surface area contributed by atoms with Gasteiger partial charge in [0, 0.05) is 37.1 Å². The number of nitrogens with one attached hydrogen (secondary N) is 1. The van der Waals surface area contributed by atoms with Gasteiger partial charge in [-0.2, -0.15) is 0 Å². The van der Waals surface area contributed by atoms with Gasteiger partial charge in [-0.1, -0.05) is 6.07 Å². The molecule has 2 N–H and O–H groups in total. The van der Waals surface area contributed by atoms with Gasteiger partial charge in [0.15, 0.2) is 0 Å². The summed E-state index contributed by atoms with van der Waals surface area (Å²) in [4.78, 5) is 4.01. The highest BCUT2D eigenvalue weighted by Crippen LogP contribution is 2.22. The highest BCUT2D eigenvalue weighted by atomic mass is 16.5. The Labute approximate surface area is 119 Å². The summed E-state index contributed by atoms with van der Waals surface area (Å²) in [7, 11) is 1.59. The molecule has 20 heavy (non-hydrogen) atoms. The second-order valence-corrected chi connectivity index (χ2v) is 4.68. The molecule has 1 heterocycles. The van der Waals surface area contributed by atoms with Gasteiger partial charge in [-0.25, -0.2) is 4.98 Å². The summed E-state index contributed by atoms with van der Waals surface area (Å²) in [6, 6.07) is 5.37. The third-order valence-electron chi connectivity index (χ3n) is 3.19. The standard InChI is InChI=1S/C15H21N3O2/c1-20-14-5-4-13(15(19)10-14)11-16-6-2-3-8-18-9-7-17-12-18/h4-5,7,9-10,12,16,19H,2-3,6,8,11H2,1H3. The van der Waals surface area contributed by atoms with Crippen LogP contribution in [0, 0.1) is 0 Å². The van der Waals surface area contributed by atoms with E-state index >= 15 is 0 Å². The van der Waals surface area contributed by atoms with Crippen molar-refractivity contribution in [1.29, 1.82) is 0 Å². The Kier molecular flexibility index (Phi) is 5.43. The highest BCUT2D eigenvalue weighted by molar-refractivity contribution is 5.39. The summed E-state index contributed by atoms with van der Waals surface area (Å²) in [5, 5.41) is 13.2. The maximum Gasteiger partial charge on any atom is 0.123 e. The highest BCUT2D eigenvalue weighted by Gasteiger charge is 2.02. The number of unbranched alkanes of at least 4 members (excludes halogenated alkanes) is 1. The van der Waals surface area contributed by atoms with Crippen molar-refractivity contribution in [2.45, 2.75) is 25.9 Å². The minimum Gasteiger partial charge on any atom is -0.507 e. The number of rotatable bonds is 8. The van der Waals surface area contributed by atoms with Crippen molar-refractivity contribution >= 4 is 0 Å². The summed E-state index contributed by atoms with van der Waals surface area (Å²) in [6.45, 7) is 2.59. The van der Waals surface area contributed by atoms with Crippen molar-refractivity contribution in [1.82, 2.24) is 14.9 Å². The Balaban J connectivity index is 1.63. The Morgan fingerprint density at radius 3 is 2.95 bits per heavy atom. The molecule has 5 heteroatoms. The molecule has 2 aromatic rings. The average Bonchev–Trinajstić information content (AvgIpc) is 2.97. The van der Waals surface area contributed by atoms with E-state index in [1.165, 1.54) is 0 Å². The van der Waals surface area contributed by atoms with E-state index in [0.717, 1.165) is 31.5 Å². The fourth-order valence-electron chi connectivity index (χ4n) is 2.01. The number of aryl methyl sites for hydroxylation is 1. The van der Waals surface area contributed by atoms with Crippen molar-refractivity contribution < 1.29 is 9.84 Å². The minimum absolute atomic E-state index is 0.273. The molecule has 0 aliphatic rings. The van der Waals surface area contributed by atoms with Crippen molar-refractivity contribution in [3.05, 3.63) is 42.5 Å². The molecular weight excluding hydrogens is 254 g/mol. The molecule has 0 saturated carbocycles. The van der Waals surface area contributed by atoms with Crippen LogP contribution in [0.5, 0.6) is 11.5 Å². The number of benzene rings is 1. The van der Waals surface area contributed by atoms with Crippen LogP contribution < -0.4 is 10.1 Å². The predicted molar refractivity (Wildman–Crippen MR) is 77.8 cm³/mol. The Hall–Kier alpha value is -2.01. The first-order valence-corrected chi connectivity index (χ1v) is 6.82. The molecule has 5 nitrogen and oxygen atoms in total. The molecule has 0 saturated heterocycles. The van der Waals surface area contributed by atoms with E-state index in [1.807, 2.05) is 24.7 Å². The molecule has 0 unspecified atom stereocenters. The number of hydrogen-bond donors (Lipinski definition) is 2. The Bertz CT molecular complexity index is 512. The first-order chi connectivity index (χ1) is 9.79. The van der Waals surface area contributed by atoms with Crippen LogP contribution in [0.15, 0.2) is 36.9 Å². The quantitative estimate of drug-likeness (QED) is 0.725. The van der Waals surface area contributed by atoms with Gasteiger partial charge in [0.05, 0.1) is 13.4 Å². The summed E-state index contributed by atoms with van der Waals surface area (Å²) in [5.74, 6) is 0.946. The van der Waals surface area contributed by atoms with Crippen molar-refractivity contribution in [2.75, 3.05) is 13.7 Å². The molecule has 0 radical (unpaired) electrons. The van der Waals surface area contributed by atoms with E-state index in [4.69, 9.17) is 4.74 Å². The normalized spacial score (nSPS) is 10.7. The van der Waals surface area contributed by atoms with Crippen LogP contribution in [-0.2, 0) is 13.1 Å². The summed E-state index contributed by atoms with van der Waals surface area (Å²) in [6.07, 6.45) is 7.81. The molecule has 1 aromatic carbocycles. The predicted octanol–water partition coefficient (Wildman–Crippen LogP) is 2.17. The second kappa shape index (κ2) is 7.55. The molecule has 0 amide bonds. The number of phenols is 1. The zero-order chi connectivity index (χ0) is 14.2. The molecule has 1 aromatic heterocycles. The lowest BCUT2D eigenvalue weighted by Crippen LogP contribution is -2.15. The summed E-state index contributed by atoms with van der Waals surface area (Å²) in [5.41, 5.74) is 0.889. The minimum atomic E-state index is 0.273. The number of ether oxygens (including phenoxy) is 1. The maximum absolute atomic E-state index is 9.82. The molecule has 0 aliphatic heterocycles. The molecule has 0 bridgehead atoms. The molecule has 0 spiro atoms. The van der Waals surface area contributed by atoms with Crippen LogP contribution >= 0.6 is 0 Å². The van der Waals surface area contributed by atoms with Gasteiger partial charge < -0.3 is 19.7 Å². The molecule has 2 rings (SSSR count). The van der Waals surface area contributed by atoms with Gasteiger partial charge in [-0.05, 0) is 25.5 Å². The van der Waals surface area contributed by atoms with Crippen molar-refractivity contribution in [3.63, 3.8) is 0 Å². The van der Waals surface area contributed by atoms with Gasteiger partial charge in [0.1, 0.15) is 11.5 Å². The molecule has 0 fully saturated rings. The summed E-state index contributed by atoms with van der Waals surface area (Å²) < 4.78 is 7.13. The van der Waals surface area contributed by atoms with Gasteiger partial charge in [0.25, 0.3) is 0 Å². The van der Waals surface area contributed by atoms with Crippen LogP contribution in [0.25, 0.3) is 0 Å². The third kappa shape index (κ3) is 4.28. The topological polar surface area (TPSA) is 59.3 Å². The van der Waals surface area contributed by atoms with Crippen molar-refractivity contribution in [2.24, 2.45) is 0 Å². The average molecular weight is 275 g/mol. The smallest absolute Gasteiger partial charge is 0.123 e. The van der Waals surface area contributed by atoms with Crippen LogP contribution in [0.2, 0.25) is 0 Å². The van der Waals surface area contributed by atoms with Crippen LogP contribution in [-0.4, -0.2) is 28.3 Å². The number of aromatic hydroxyl groups is 1. The lowest BCUT2D eigenvalue weighted by atomic mass is 10.2. The number of hydrogen-bond acceptors (Lipinski definition) is 4. The first kappa shape index (κ1) is 14.4. The fourth-order valence-corrected chi connectivity index (χ4v) is 2.01. The lowest BCUT2D eigenvalue weighted by Gasteiger charge is -2.08. The fraction of sp³-hybridized carbons (Fsp3) is 0.400. The molecule has 108 valence electrons. The molecule has 0 atom stereocenters. The maximum atomic E-state index is 9.82. The van der Waals surface area contributed by atoms with Gasteiger partial charge in [-0.3, -0.25) is 0 Å². The lowest BCUT2D eigenvalue weighted by molar-refractivity contribution is 0.406. The number of aromatic nitrogens is 2. The Morgan fingerprint density at radius 2 is 2.25 bits per heavy atom. The van der Waals surface area contributed by atoms with Gasteiger partial charge >= 0.3 is 0 Å². The zero-order valence-corrected chi connectivity index (χ0v) is 11.7. The van der Waals surface area contributed by atoms with E-state index in [-0.39, 0.29) is 5.75 Å². The van der Waals surface area contributed by atoms with Crippen LogP contribution in [0.3, 0.4) is 0 Å². The number of nitrogens with zero attached hydrogens (tertiary/aromatic N) is 2. The number of phenolic OH excluding ortho intramolecular Hbond substituents is 1. The van der Waals surface area contributed by atoms with E-state index in [0.29, 0.717) is 12.3 Å². The van der Waals surface area contributed by atoms with Gasteiger partial charge in [-0.15, -0.1) is 0 Å². The third-order valence-corrected chi connectivity index (χ3v) is 3.19. The molecule has 0 aliphatic carbocycles. The summed E-state index contributed by atoms with van der Waals surface area (Å²) >= 11 is 0. The second-order valence-electron chi connectivity index (χ2n) is 4.68. The Morgan fingerprint density at radius 1 is 1.35 bits per heavy atom. The van der Waals surface area contributed by atoms with Crippen molar-refractivity contribution in [3.8, 4) is 11.5 Å². The molecular formula is C15H21N3O2. The van der Waals surface area contributed by atoms with Crippen LogP contribution in [0.1, 0.15) is 18.4 Å². The first-order valence-electron chi connectivity index (χ1n) is 6.82.